The standard InChI is InChI=1S/C10H17N5O/c1-8(11)9-2-3-14(4-9)10(16)5-15-7-12-6-13-15/h6-9H,2-5,11H2,1H3. The number of carbonyl (C=O) groups is 1. The molecule has 1 aromatic rings. The van der Waals surface area contributed by atoms with Crippen LogP contribution in [0, 0.1) is 5.92 Å². The molecule has 0 aliphatic carbocycles. The summed E-state index contributed by atoms with van der Waals surface area (Å²) in [6, 6.07) is 0.157. The van der Waals surface area contributed by atoms with Crippen molar-refractivity contribution in [1.29, 1.82) is 0 Å². The van der Waals surface area contributed by atoms with Gasteiger partial charge in [-0.25, -0.2) is 9.67 Å². The van der Waals surface area contributed by atoms with Crippen LogP contribution in [0.2, 0.25) is 0 Å². The van der Waals surface area contributed by atoms with E-state index < -0.39 is 0 Å². The second-order valence-corrected chi connectivity index (χ2v) is 4.34. The average molecular weight is 223 g/mol. The molecule has 1 fully saturated rings. The van der Waals surface area contributed by atoms with Gasteiger partial charge in [0.05, 0.1) is 0 Å². The first-order valence-electron chi connectivity index (χ1n) is 5.52. The highest BCUT2D eigenvalue weighted by molar-refractivity contribution is 5.76. The van der Waals surface area contributed by atoms with Crippen LogP contribution in [0.15, 0.2) is 12.7 Å². The molecule has 2 N–H and O–H groups in total. The summed E-state index contributed by atoms with van der Waals surface area (Å²) >= 11 is 0. The highest BCUT2D eigenvalue weighted by Crippen LogP contribution is 2.18. The SMILES string of the molecule is CC(N)C1CCN(C(=O)Cn2cncn2)C1. The Balaban J connectivity index is 1.87. The van der Waals surface area contributed by atoms with Crippen LogP contribution in [-0.4, -0.2) is 44.7 Å². The molecule has 0 saturated carbocycles. The van der Waals surface area contributed by atoms with E-state index in [4.69, 9.17) is 5.73 Å². The van der Waals surface area contributed by atoms with Crippen LogP contribution in [0.1, 0.15) is 13.3 Å². The molecule has 2 atom stereocenters. The van der Waals surface area contributed by atoms with Crippen LogP contribution in [-0.2, 0) is 11.3 Å². The van der Waals surface area contributed by atoms with Gasteiger partial charge in [0, 0.05) is 19.1 Å². The normalized spacial score (nSPS) is 22.4. The molecule has 1 saturated heterocycles. The Bertz CT molecular complexity index is 348. The minimum absolute atomic E-state index is 0.0913. The molecule has 2 heterocycles. The van der Waals surface area contributed by atoms with E-state index in [9.17, 15) is 4.79 Å². The third kappa shape index (κ3) is 2.38. The number of carbonyl (C=O) groups excluding carboxylic acids is 1. The topological polar surface area (TPSA) is 77.0 Å². The van der Waals surface area contributed by atoms with Crippen LogP contribution in [0.3, 0.4) is 0 Å². The fourth-order valence-corrected chi connectivity index (χ4v) is 2.00. The van der Waals surface area contributed by atoms with E-state index >= 15 is 0 Å². The highest BCUT2D eigenvalue weighted by Gasteiger charge is 2.28. The van der Waals surface area contributed by atoms with E-state index in [0.717, 1.165) is 19.5 Å². The summed E-state index contributed by atoms with van der Waals surface area (Å²) in [5.41, 5.74) is 5.83. The fourth-order valence-electron chi connectivity index (χ4n) is 2.00. The van der Waals surface area contributed by atoms with E-state index in [1.807, 2.05) is 11.8 Å². The number of hydrogen-bond acceptors (Lipinski definition) is 4. The Morgan fingerprint density at radius 2 is 2.50 bits per heavy atom. The van der Waals surface area contributed by atoms with Gasteiger partial charge in [0.1, 0.15) is 19.2 Å². The molecule has 6 nitrogen and oxygen atoms in total. The number of rotatable bonds is 3. The Morgan fingerprint density at radius 1 is 1.69 bits per heavy atom. The van der Waals surface area contributed by atoms with Crippen molar-refractivity contribution in [3.63, 3.8) is 0 Å². The van der Waals surface area contributed by atoms with Crippen molar-refractivity contribution in [2.45, 2.75) is 25.9 Å². The molecule has 1 aromatic heterocycles. The van der Waals surface area contributed by atoms with Crippen molar-refractivity contribution in [1.82, 2.24) is 19.7 Å². The van der Waals surface area contributed by atoms with Crippen LogP contribution < -0.4 is 5.73 Å². The summed E-state index contributed by atoms with van der Waals surface area (Å²) in [4.78, 5) is 17.5. The number of likely N-dealkylation sites (tertiary alicyclic amines) is 1. The quantitative estimate of drug-likeness (QED) is 0.747. The molecule has 0 spiro atoms. The first-order valence-corrected chi connectivity index (χ1v) is 5.52. The Morgan fingerprint density at radius 3 is 3.06 bits per heavy atom. The zero-order chi connectivity index (χ0) is 11.5. The molecular formula is C10H17N5O. The number of nitrogens with two attached hydrogens (primary N) is 1. The summed E-state index contributed by atoms with van der Waals surface area (Å²) in [5, 5.41) is 3.92. The van der Waals surface area contributed by atoms with Crippen molar-refractivity contribution < 1.29 is 4.79 Å². The van der Waals surface area contributed by atoms with E-state index in [-0.39, 0.29) is 18.5 Å². The highest BCUT2D eigenvalue weighted by atomic mass is 16.2. The van der Waals surface area contributed by atoms with Crippen molar-refractivity contribution in [3.8, 4) is 0 Å². The lowest BCUT2D eigenvalue weighted by molar-refractivity contribution is -0.131. The molecule has 2 rings (SSSR count). The predicted octanol–water partition coefficient (Wildman–Crippen LogP) is -0.526. The number of nitrogens with zero attached hydrogens (tertiary/aromatic N) is 4. The van der Waals surface area contributed by atoms with Gasteiger partial charge in [-0.3, -0.25) is 4.79 Å². The zero-order valence-electron chi connectivity index (χ0n) is 9.41. The molecule has 0 aromatic carbocycles. The van der Waals surface area contributed by atoms with Crippen LogP contribution in [0.25, 0.3) is 0 Å². The summed E-state index contributed by atoms with van der Waals surface area (Å²) in [5.74, 6) is 0.522. The lowest BCUT2D eigenvalue weighted by Gasteiger charge is -2.17. The largest absolute Gasteiger partial charge is 0.341 e. The molecule has 1 amide bonds. The molecule has 0 bridgehead atoms. The predicted molar refractivity (Wildman–Crippen MR) is 58.4 cm³/mol. The van der Waals surface area contributed by atoms with Gasteiger partial charge in [-0.05, 0) is 19.3 Å². The third-order valence-electron chi connectivity index (χ3n) is 3.08. The second-order valence-electron chi connectivity index (χ2n) is 4.34. The number of aromatic nitrogens is 3. The maximum absolute atomic E-state index is 11.9. The lowest BCUT2D eigenvalue weighted by Crippen LogP contribution is -2.34. The average Bonchev–Trinajstić information content (AvgIpc) is 2.86. The molecule has 0 radical (unpaired) electrons. The van der Waals surface area contributed by atoms with E-state index in [2.05, 4.69) is 10.1 Å². The summed E-state index contributed by atoms with van der Waals surface area (Å²) in [7, 11) is 0. The molecule has 1 aliphatic heterocycles. The molecule has 2 unspecified atom stereocenters. The van der Waals surface area contributed by atoms with Crippen molar-refractivity contribution >= 4 is 5.91 Å². The van der Waals surface area contributed by atoms with Gasteiger partial charge >= 0.3 is 0 Å². The van der Waals surface area contributed by atoms with Gasteiger partial charge in [-0.15, -0.1) is 0 Å². The number of amides is 1. The van der Waals surface area contributed by atoms with Crippen LogP contribution in [0.4, 0.5) is 0 Å². The first kappa shape index (κ1) is 11.1. The number of hydrogen-bond donors (Lipinski definition) is 1. The van der Waals surface area contributed by atoms with Gasteiger partial charge in [0.25, 0.3) is 0 Å². The smallest absolute Gasteiger partial charge is 0.244 e. The zero-order valence-corrected chi connectivity index (χ0v) is 9.41. The van der Waals surface area contributed by atoms with E-state index in [0.29, 0.717) is 5.92 Å². The fraction of sp³-hybridized carbons (Fsp3) is 0.700. The van der Waals surface area contributed by atoms with E-state index in [1.54, 1.807) is 11.0 Å². The van der Waals surface area contributed by atoms with Gasteiger partial charge in [-0.1, -0.05) is 0 Å². The van der Waals surface area contributed by atoms with Crippen LogP contribution in [0.5, 0.6) is 0 Å². The second kappa shape index (κ2) is 4.61. The summed E-state index contributed by atoms with van der Waals surface area (Å²) in [6.07, 6.45) is 3.99. The summed E-state index contributed by atoms with van der Waals surface area (Å²) in [6.45, 7) is 3.84. The van der Waals surface area contributed by atoms with E-state index in [1.165, 1.54) is 6.33 Å². The lowest BCUT2D eigenvalue weighted by atomic mass is 10.0. The van der Waals surface area contributed by atoms with Crippen molar-refractivity contribution in [3.05, 3.63) is 12.7 Å². The maximum Gasteiger partial charge on any atom is 0.244 e. The van der Waals surface area contributed by atoms with Crippen molar-refractivity contribution in [2.24, 2.45) is 11.7 Å². The van der Waals surface area contributed by atoms with Gasteiger partial charge in [0.2, 0.25) is 5.91 Å². The van der Waals surface area contributed by atoms with Gasteiger partial charge in [-0.2, -0.15) is 5.10 Å². The molecule has 6 heteroatoms. The minimum Gasteiger partial charge on any atom is -0.341 e. The summed E-state index contributed by atoms with van der Waals surface area (Å²) < 4.78 is 1.54. The van der Waals surface area contributed by atoms with Gasteiger partial charge in [0.15, 0.2) is 0 Å². The molecule has 1 aliphatic rings. The molecule has 88 valence electrons. The Labute approximate surface area is 94.4 Å². The molecular weight excluding hydrogens is 206 g/mol. The monoisotopic (exact) mass is 223 g/mol. The Kier molecular flexibility index (Phi) is 3.19. The maximum atomic E-state index is 11.9. The third-order valence-corrected chi connectivity index (χ3v) is 3.08. The van der Waals surface area contributed by atoms with Crippen molar-refractivity contribution in [2.75, 3.05) is 13.1 Å². The minimum atomic E-state index is 0.0913. The first-order chi connectivity index (χ1) is 7.66. The van der Waals surface area contributed by atoms with Crippen LogP contribution >= 0.6 is 0 Å². The molecule has 16 heavy (non-hydrogen) atoms. The van der Waals surface area contributed by atoms with Gasteiger partial charge < -0.3 is 10.6 Å². The Hall–Kier alpha value is -1.43.